The second kappa shape index (κ2) is 5.51. The molecule has 0 saturated carbocycles. The molecule has 0 heterocycles. The largest absolute Gasteiger partial charge is 0.503 e. The molecular weight excluding hydrogens is 300 g/mol. The zero-order chi connectivity index (χ0) is 16.7. The third-order valence-corrected chi connectivity index (χ3v) is 4.02. The molecule has 0 atom stereocenters. The fourth-order valence-electron chi connectivity index (χ4n) is 2.34. The maximum absolute atomic E-state index is 13.6. The van der Waals surface area contributed by atoms with Crippen LogP contribution in [-0.4, -0.2) is 10.2 Å². The van der Waals surface area contributed by atoms with Crippen LogP contribution < -0.4 is 0 Å². The van der Waals surface area contributed by atoms with Crippen LogP contribution in [-0.2, 0) is 5.41 Å². The molecule has 118 valence electrons. The molecule has 0 bridgehead atoms. The average Bonchev–Trinajstić information content (AvgIpc) is 2.48. The molecule has 0 amide bonds. The van der Waals surface area contributed by atoms with E-state index in [4.69, 9.17) is 10.2 Å². The van der Waals surface area contributed by atoms with Gasteiger partial charge in [0.2, 0.25) is 0 Å². The Morgan fingerprint density at radius 1 is 0.773 bits per heavy atom. The van der Waals surface area contributed by atoms with Crippen molar-refractivity contribution in [3.05, 3.63) is 58.7 Å². The highest BCUT2D eigenvalue weighted by atomic mass is 19.1. The standard InChI is InChI=1S/C16H14F4O2/c1-3-16(2,8-4-10(17)14(21)11(18)5-8)9-6-12(19)15(22)13(20)7-9/h4-7,21-22H,3H2,1-2H3. The van der Waals surface area contributed by atoms with Crippen molar-refractivity contribution in [2.75, 3.05) is 0 Å². The minimum Gasteiger partial charge on any atom is -0.503 e. The van der Waals surface area contributed by atoms with E-state index in [1.54, 1.807) is 13.8 Å². The fourth-order valence-corrected chi connectivity index (χ4v) is 2.34. The summed E-state index contributed by atoms with van der Waals surface area (Å²) in [6.45, 7) is 3.24. The number of phenols is 2. The van der Waals surface area contributed by atoms with Crippen molar-refractivity contribution in [2.45, 2.75) is 25.7 Å². The molecule has 2 nitrogen and oxygen atoms in total. The Bertz CT molecular complexity index is 625. The molecule has 0 radical (unpaired) electrons. The molecule has 0 aliphatic carbocycles. The Labute approximate surface area is 124 Å². The molecule has 22 heavy (non-hydrogen) atoms. The zero-order valence-corrected chi connectivity index (χ0v) is 11.9. The maximum atomic E-state index is 13.6. The van der Waals surface area contributed by atoms with Gasteiger partial charge in [-0.15, -0.1) is 0 Å². The van der Waals surface area contributed by atoms with Crippen LogP contribution in [0, 0.1) is 23.3 Å². The molecule has 0 aliphatic rings. The van der Waals surface area contributed by atoms with Gasteiger partial charge in [-0.2, -0.15) is 0 Å². The van der Waals surface area contributed by atoms with E-state index in [1.807, 2.05) is 0 Å². The lowest BCUT2D eigenvalue weighted by atomic mass is 9.74. The summed E-state index contributed by atoms with van der Waals surface area (Å²) in [5.41, 5.74) is -0.871. The molecule has 2 aromatic carbocycles. The smallest absolute Gasteiger partial charge is 0.187 e. The molecule has 0 saturated heterocycles. The van der Waals surface area contributed by atoms with Crippen molar-refractivity contribution in [2.24, 2.45) is 0 Å². The number of aromatic hydroxyl groups is 2. The minimum absolute atomic E-state index is 0.118. The van der Waals surface area contributed by atoms with Crippen LogP contribution in [0.5, 0.6) is 11.5 Å². The van der Waals surface area contributed by atoms with E-state index in [1.165, 1.54) is 0 Å². The third kappa shape index (κ3) is 2.49. The lowest BCUT2D eigenvalue weighted by molar-refractivity contribution is 0.388. The van der Waals surface area contributed by atoms with Gasteiger partial charge in [-0.05, 0) is 41.8 Å². The lowest BCUT2D eigenvalue weighted by Crippen LogP contribution is -2.23. The van der Waals surface area contributed by atoms with Gasteiger partial charge in [0.15, 0.2) is 34.8 Å². The first-order valence-electron chi connectivity index (χ1n) is 6.57. The van der Waals surface area contributed by atoms with Crippen LogP contribution in [0.3, 0.4) is 0 Å². The molecule has 6 heteroatoms. The van der Waals surface area contributed by atoms with Gasteiger partial charge < -0.3 is 10.2 Å². The van der Waals surface area contributed by atoms with E-state index in [2.05, 4.69) is 0 Å². The number of hydrogen-bond donors (Lipinski definition) is 2. The van der Waals surface area contributed by atoms with Gasteiger partial charge in [-0.3, -0.25) is 0 Å². The Kier molecular flexibility index (Phi) is 4.04. The molecular formula is C16H14F4O2. The predicted molar refractivity (Wildman–Crippen MR) is 72.8 cm³/mol. The summed E-state index contributed by atoms with van der Waals surface area (Å²) in [6.07, 6.45) is 0.278. The van der Waals surface area contributed by atoms with Gasteiger partial charge in [0, 0.05) is 5.41 Å². The van der Waals surface area contributed by atoms with Crippen LogP contribution in [0.2, 0.25) is 0 Å². The normalized spacial score (nSPS) is 11.7. The number of phenolic OH excluding ortho intramolecular Hbond substituents is 2. The van der Waals surface area contributed by atoms with Crippen molar-refractivity contribution in [3.8, 4) is 11.5 Å². The average molecular weight is 314 g/mol. The third-order valence-electron chi connectivity index (χ3n) is 4.02. The van der Waals surface area contributed by atoms with E-state index in [-0.39, 0.29) is 17.5 Å². The predicted octanol–water partition coefficient (Wildman–Crippen LogP) is 4.37. The van der Waals surface area contributed by atoms with Crippen LogP contribution in [0.25, 0.3) is 0 Å². The van der Waals surface area contributed by atoms with Crippen molar-refractivity contribution < 1.29 is 27.8 Å². The second-order valence-electron chi connectivity index (χ2n) is 5.26. The molecule has 0 aliphatic heterocycles. The van der Waals surface area contributed by atoms with E-state index < -0.39 is 40.2 Å². The van der Waals surface area contributed by atoms with Gasteiger partial charge >= 0.3 is 0 Å². The fraction of sp³-hybridized carbons (Fsp3) is 0.250. The van der Waals surface area contributed by atoms with Crippen molar-refractivity contribution in [1.29, 1.82) is 0 Å². The quantitative estimate of drug-likeness (QED) is 0.826. The highest BCUT2D eigenvalue weighted by Crippen LogP contribution is 2.39. The van der Waals surface area contributed by atoms with Gasteiger partial charge in [-0.25, -0.2) is 17.6 Å². The molecule has 0 aromatic heterocycles. The summed E-state index contributed by atoms with van der Waals surface area (Å²) in [5, 5.41) is 18.3. The highest BCUT2D eigenvalue weighted by molar-refractivity contribution is 5.44. The second-order valence-corrected chi connectivity index (χ2v) is 5.26. The summed E-state index contributed by atoms with van der Waals surface area (Å²) in [7, 11) is 0. The number of hydrogen-bond acceptors (Lipinski definition) is 2. The zero-order valence-electron chi connectivity index (χ0n) is 11.9. The molecule has 2 N–H and O–H groups in total. The first kappa shape index (κ1) is 16.1. The molecule has 0 unspecified atom stereocenters. The Morgan fingerprint density at radius 3 is 1.27 bits per heavy atom. The minimum atomic E-state index is -1.16. The van der Waals surface area contributed by atoms with E-state index in [0.29, 0.717) is 0 Å². The monoisotopic (exact) mass is 314 g/mol. The van der Waals surface area contributed by atoms with Gasteiger partial charge in [0.1, 0.15) is 0 Å². The van der Waals surface area contributed by atoms with Gasteiger partial charge in [0.25, 0.3) is 0 Å². The molecule has 2 aromatic rings. The maximum Gasteiger partial charge on any atom is 0.187 e. The SMILES string of the molecule is CCC(C)(c1cc(F)c(O)c(F)c1)c1cc(F)c(O)c(F)c1. The summed E-state index contributed by atoms with van der Waals surface area (Å²) in [5.74, 6) is -6.84. The molecule has 2 rings (SSSR count). The van der Waals surface area contributed by atoms with Crippen molar-refractivity contribution in [1.82, 2.24) is 0 Å². The van der Waals surface area contributed by atoms with Crippen molar-refractivity contribution >= 4 is 0 Å². The summed E-state index contributed by atoms with van der Waals surface area (Å²) < 4.78 is 54.3. The van der Waals surface area contributed by atoms with E-state index in [0.717, 1.165) is 24.3 Å². The lowest BCUT2D eigenvalue weighted by Gasteiger charge is -2.30. The first-order chi connectivity index (χ1) is 10.2. The van der Waals surface area contributed by atoms with Crippen LogP contribution >= 0.6 is 0 Å². The Hall–Kier alpha value is -2.24. The topological polar surface area (TPSA) is 40.5 Å². The van der Waals surface area contributed by atoms with Crippen LogP contribution in [0.15, 0.2) is 24.3 Å². The molecule has 0 spiro atoms. The van der Waals surface area contributed by atoms with Crippen molar-refractivity contribution in [3.63, 3.8) is 0 Å². The Balaban J connectivity index is 2.68. The summed E-state index contributed by atoms with van der Waals surface area (Å²) in [6, 6.07) is 3.68. The highest BCUT2D eigenvalue weighted by Gasteiger charge is 2.31. The Morgan fingerprint density at radius 2 is 1.05 bits per heavy atom. The summed E-state index contributed by atoms with van der Waals surface area (Å²) >= 11 is 0. The number of halogens is 4. The van der Waals surface area contributed by atoms with Gasteiger partial charge in [-0.1, -0.05) is 13.8 Å². The van der Waals surface area contributed by atoms with E-state index >= 15 is 0 Å². The van der Waals surface area contributed by atoms with Gasteiger partial charge in [0.05, 0.1) is 0 Å². The van der Waals surface area contributed by atoms with Crippen LogP contribution in [0.4, 0.5) is 17.6 Å². The van der Waals surface area contributed by atoms with Crippen LogP contribution in [0.1, 0.15) is 31.4 Å². The summed E-state index contributed by atoms with van der Waals surface area (Å²) in [4.78, 5) is 0. The number of rotatable bonds is 3. The number of benzene rings is 2. The first-order valence-corrected chi connectivity index (χ1v) is 6.57. The molecule has 0 fully saturated rings. The van der Waals surface area contributed by atoms with E-state index in [9.17, 15) is 17.6 Å².